The molecule has 1 fully saturated rings. The van der Waals surface area contributed by atoms with Crippen molar-refractivity contribution >= 4 is 15.9 Å². The highest BCUT2D eigenvalue weighted by molar-refractivity contribution is 7.89. The Labute approximate surface area is 182 Å². The fraction of sp³-hybridized carbons (Fsp3) is 0.476. The smallest absolute Gasteiger partial charge is 0.274 e. The molecule has 0 spiro atoms. The van der Waals surface area contributed by atoms with Crippen LogP contribution in [0.3, 0.4) is 0 Å². The van der Waals surface area contributed by atoms with Gasteiger partial charge in [0.1, 0.15) is 22.4 Å². The molecule has 2 aliphatic heterocycles. The van der Waals surface area contributed by atoms with Crippen molar-refractivity contribution in [2.45, 2.75) is 36.8 Å². The van der Waals surface area contributed by atoms with Crippen molar-refractivity contribution in [1.82, 2.24) is 19.2 Å². The molecule has 1 saturated heterocycles. The third-order valence-corrected chi connectivity index (χ3v) is 7.66. The van der Waals surface area contributed by atoms with Crippen LogP contribution in [0.2, 0.25) is 0 Å². The summed E-state index contributed by atoms with van der Waals surface area (Å²) in [6, 6.07) is 6.30. The molecule has 31 heavy (non-hydrogen) atoms. The Bertz CT molecular complexity index is 1040. The van der Waals surface area contributed by atoms with E-state index in [0.717, 1.165) is 5.69 Å². The number of hydrogen-bond acceptors (Lipinski definition) is 7. The topological polar surface area (TPSA) is 102 Å². The van der Waals surface area contributed by atoms with Gasteiger partial charge in [0.05, 0.1) is 24.5 Å². The molecule has 0 N–H and O–H groups in total. The minimum absolute atomic E-state index is 0.169. The summed E-state index contributed by atoms with van der Waals surface area (Å²) in [6.45, 7) is 3.14. The second-order valence-electron chi connectivity index (χ2n) is 7.69. The Morgan fingerprint density at radius 1 is 1.19 bits per heavy atom. The largest absolute Gasteiger partial charge is 0.487 e. The van der Waals surface area contributed by atoms with E-state index < -0.39 is 16.1 Å². The zero-order valence-corrected chi connectivity index (χ0v) is 18.4. The number of rotatable bonds is 4. The number of para-hydroxylation sites is 1. The maximum atomic E-state index is 13.5. The first-order chi connectivity index (χ1) is 14.9. The molecule has 4 rings (SSSR count). The number of aryl methyl sites for hydroxylation is 1. The lowest BCUT2D eigenvalue weighted by Crippen LogP contribution is -2.48. The second-order valence-corrected chi connectivity index (χ2v) is 9.55. The first-order valence-corrected chi connectivity index (χ1v) is 11.7. The lowest BCUT2D eigenvalue weighted by atomic mass is 10.1. The van der Waals surface area contributed by atoms with E-state index in [9.17, 15) is 13.2 Å². The lowest BCUT2D eigenvalue weighted by Gasteiger charge is -2.31. The Balaban J connectivity index is 1.63. The van der Waals surface area contributed by atoms with E-state index in [-0.39, 0.29) is 35.8 Å². The number of methoxy groups -OCH3 is 1. The average Bonchev–Trinajstić information content (AvgIpc) is 3.01. The van der Waals surface area contributed by atoms with E-state index in [4.69, 9.17) is 9.47 Å². The normalized spacial score (nSPS) is 23.1. The van der Waals surface area contributed by atoms with E-state index >= 15 is 0 Å². The summed E-state index contributed by atoms with van der Waals surface area (Å²) in [5, 5.41) is 0. The van der Waals surface area contributed by atoms with E-state index in [1.165, 1.54) is 10.5 Å². The number of likely N-dealkylation sites (tertiary alicyclic amines) is 1. The van der Waals surface area contributed by atoms with E-state index in [1.807, 2.05) is 6.92 Å². The summed E-state index contributed by atoms with van der Waals surface area (Å²) in [4.78, 5) is 23.2. The van der Waals surface area contributed by atoms with Crippen LogP contribution < -0.4 is 4.74 Å². The zero-order chi connectivity index (χ0) is 22.0. The third kappa shape index (κ3) is 4.28. The van der Waals surface area contributed by atoms with Crippen molar-refractivity contribution in [2.75, 3.05) is 33.4 Å². The third-order valence-electron chi connectivity index (χ3n) is 5.69. The monoisotopic (exact) mass is 446 g/mol. The second kappa shape index (κ2) is 8.89. The van der Waals surface area contributed by atoms with Crippen LogP contribution >= 0.6 is 0 Å². The quantitative estimate of drug-likeness (QED) is 0.701. The van der Waals surface area contributed by atoms with Crippen LogP contribution in [-0.4, -0.2) is 79.0 Å². The van der Waals surface area contributed by atoms with E-state index in [2.05, 4.69) is 9.97 Å². The summed E-state index contributed by atoms with van der Waals surface area (Å²) < 4.78 is 39.8. The van der Waals surface area contributed by atoms with Gasteiger partial charge in [0.2, 0.25) is 10.0 Å². The Morgan fingerprint density at radius 3 is 2.71 bits per heavy atom. The van der Waals surface area contributed by atoms with Gasteiger partial charge in [0, 0.05) is 39.4 Å². The highest BCUT2D eigenvalue weighted by Crippen LogP contribution is 2.36. The van der Waals surface area contributed by atoms with Gasteiger partial charge in [-0.15, -0.1) is 0 Å². The summed E-state index contributed by atoms with van der Waals surface area (Å²) in [5.41, 5.74) is 1.02. The van der Waals surface area contributed by atoms with Crippen LogP contribution in [0.5, 0.6) is 5.75 Å². The molecule has 0 radical (unpaired) electrons. The van der Waals surface area contributed by atoms with Crippen molar-refractivity contribution in [1.29, 1.82) is 0 Å². The molecule has 0 bridgehead atoms. The molecule has 9 nitrogen and oxygen atoms in total. The van der Waals surface area contributed by atoms with Crippen molar-refractivity contribution in [2.24, 2.45) is 0 Å². The van der Waals surface area contributed by atoms with Crippen LogP contribution in [0, 0.1) is 6.92 Å². The molecule has 2 atom stereocenters. The van der Waals surface area contributed by atoms with Crippen LogP contribution in [-0.2, 0) is 14.8 Å². The number of carbonyl (C=O) groups is 1. The SMILES string of the molecule is COCCN1[C@H]2CCN(C(=O)c3cnc(C)cn3)CC[C@@H]2Oc2ccccc2S1(=O)=O. The summed E-state index contributed by atoms with van der Waals surface area (Å²) in [6.07, 6.45) is 3.61. The number of amides is 1. The van der Waals surface area contributed by atoms with Gasteiger partial charge in [-0.2, -0.15) is 4.31 Å². The van der Waals surface area contributed by atoms with Gasteiger partial charge < -0.3 is 14.4 Å². The fourth-order valence-corrected chi connectivity index (χ4v) is 5.88. The molecular weight excluding hydrogens is 420 g/mol. The molecule has 0 unspecified atom stereocenters. The minimum atomic E-state index is -3.77. The summed E-state index contributed by atoms with van der Waals surface area (Å²) in [7, 11) is -2.23. The minimum Gasteiger partial charge on any atom is -0.487 e. The van der Waals surface area contributed by atoms with Crippen molar-refractivity contribution in [3.63, 3.8) is 0 Å². The fourth-order valence-electron chi connectivity index (χ4n) is 4.09. The highest BCUT2D eigenvalue weighted by Gasteiger charge is 2.43. The van der Waals surface area contributed by atoms with Gasteiger partial charge >= 0.3 is 0 Å². The number of aromatic nitrogens is 2. The summed E-state index contributed by atoms with van der Waals surface area (Å²) in [5.74, 6) is 0.136. The first kappa shape index (κ1) is 21.7. The number of nitrogens with zero attached hydrogens (tertiary/aromatic N) is 4. The van der Waals surface area contributed by atoms with Crippen molar-refractivity contribution in [3.05, 3.63) is 48.0 Å². The lowest BCUT2D eigenvalue weighted by molar-refractivity contribution is 0.0748. The van der Waals surface area contributed by atoms with E-state index in [0.29, 0.717) is 31.7 Å². The Hall–Kier alpha value is -2.56. The molecule has 2 aliphatic rings. The number of sulfonamides is 1. The molecule has 1 aromatic carbocycles. The number of carbonyl (C=O) groups excluding carboxylic acids is 1. The molecule has 2 aromatic rings. The first-order valence-electron chi connectivity index (χ1n) is 10.3. The molecule has 1 aromatic heterocycles. The average molecular weight is 447 g/mol. The zero-order valence-electron chi connectivity index (χ0n) is 17.6. The summed E-state index contributed by atoms with van der Waals surface area (Å²) >= 11 is 0. The molecule has 166 valence electrons. The number of ether oxygens (including phenoxy) is 2. The van der Waals surface area contributed by atoms with Crippen LogP contribution in [0.4, 0.5) is 0 Å². The number of benzene rings is 1. The predicted molar refractivity (Wildman–Crippen MR) is 112 cm³/mol. The van der Waals surface area contributed by atoms with Crippen molar-refractivity contribution in [3.8, 4) is 5.75 Å². The van der Waals surface area contributed by atoms with E-state index in [1.54, 1.807) is 42.5 Å². The molecule has 1 amide bonds. The van der Waals surface area contributed by atoms with Gasteiger partial charge in [-0.05, 0) is 25.5 Å². The molecule has 10 heteroatoms. The van der Waals surface area contributed by atoms with Gasteiger partial charge in [0.15, 0.2) is 0 Å². The highest BCUT2D eigenvalue weighted by atomic mass is 32.2. The Kier molecular flexibility index (Phi) is 6.22. The number of hydrogen-bond donors (Lipinski definition) is 0. The van der Waals surface area contributed by atoms with Crippen LogP contribution in [0.15, 0.2) is 41.6 Å². The van der Waals surface area contributed by atoms with Crippen LogP contribution in [0.1, 0.15) is 29.0 Å². The van der Waals surface area contributed by atoms with Gasteiger partial charge in [-0.1, -0.05) is 12.1 Å². The van der Waals surface area contributed by atoms with Crippen LogP contribution in [0.25, 0.3) is 0 Å². The maximum Gasteiger partial charge on any atom is 0.274 e. The Morgan fingerprint density at radius 2 is 1.97 bits per heavy atom. The molecular formula is C21H26N4O5S. The maximum absolute atomic E-state index is 13.5. The van der Waals surface area contributed by atoms with Crippen molar-refractivity contribution < 1.29 is 22.7 Å². The van der Waals surface area contributed by atoms with Gasteiger partial charge in [0.25, 0.3) is 5.91 Å². The molecule has 3 heterocycles. The molecule has 0 aliphatic carbocycles. The number of fused-ring (bicyclic) bond motifs is 2. The van der Waals surface area contributed by atoms with Gasteiger partial charge in [-0.3, -0.25) is 9.78 Å². The van der Waals surface area contributed by atoms with Gasteiger partial charge in [-0.25, -0.2) is 13.4 Å². The molecule has 0 saturated carbocycles. The standard InChI is InChI=1S/C21H26N4O5S/c1-15-13-23-16(14-22-15)21(26)24-9-7-17-18(8-10-24)30-19-5-3-4-6-20(19)31(27,28)25(17)11-12-29-2/h3-6,13-14,17-18H,7-12H2,1-2H3/t17-,18-/m0/s1. The predicted octanol–water partition coefficient (Wildman–Crippen LogP) is 1.49.